The molecular weight excluding hydrogens is 390 g/mol. The number of benzene rings is 3. The number of hydrogen-bond donors (Lipinski definition) is 3. The van der Waals surface area contributed by atoms with Gasteiger partial charge in [0.05, 0.1) is 11.4 Å². The number of Topliss-reactive ketones (excluding diaryl/α,β-unsaturated/α-hetero) is 1. The van der Waals surface area contributed by atoms with Crippen LogP contribution in [0.1, 0.15) is 17.2 Å². The Hall–Kier alpha value is -4.19. The van der Waals surface area contributed by atoms with E-state index in [1.54, 1.807) is 0 Å². The lowest BCUT2D eigenvalue weighted by atomic mass is 10.0. The van der Waals surface area contributed by atoms with Crippen molar-refractivity contribution in [2.24, 2.45) is 0 Å². The first-order chi connectivity index (χ1) is 15.3. The minimum absolute atomic E-state index is 0.0937. The number of ether oxygens (including phenoxy) is 2. The number of nitrogens with one attached hydrogen (secondary N) is 3. The van der Waals surface area contributed by atoms with Crippen LogP contribution in [-0.2, 0) is 16.1 Å². The van der Waals surface area contributed by atoms with Gasteiger partial charge in [-0.25, -0.2) is 0 Å². The summed E-state index contributed by atoms with van der Waals surface area (Å²) in [6.45, 7) is 0.442. The maximum absolute atomic E-state index is 13.2. The summed E-state index contributed by atoms with van der Waals surface area (Å²) in [6, 6.07) is 23.5. The van der Waals surface area contributed by atoms with Gasteiger partial charge in [-0.3, -0.25) is 4.79 Å². The summed E-state index contributed by atoms with van der Waals surface area (Å²) in [5.41, 5.74) is 4.98. The molecule has 152 valence electrons. The molecular formula is C25H19N3O3. The molecule has 0 amide bonds. The molecule has 3 N–H and O–H groups in total. The van der Waals surface area contributed by atoms with Crippen LogP contribution in [0, 0.1) is 0 Å². The van der Waals surface area contributed by atoms with E-state index < -0.39 is 6.10 Å². The van der Waals surface area contributed by atoms with Crippen LogP contribution in [0.15, 0.2) is 90.6 Å². The van der Waals surface area contributed by atoms with Gasteiger partial charge in [-0.15, -0.1) is 0 Å². The summed E-state index contributed by atoms with van der Waals surface area (Å²) < 4.78 is 11.9. The third kappa shape index (κ3) is 3.00. The summed E-state index contributed by atoms with van der Waals surface area (Å²) >= 11 is 0. The van der Waals surface area contributed by atoms with Gasteiger partial charge in [-0.1, -0.05) is 36.4 Å². The number of aromatic nitrogens is 1. The lowest BCUT2D eigenvalue weighted by Crippen LogP contribution is -2.17. The Morgan fingerprint density at radius 3 is 2.52 bits per heavy atom. The zero-order chi connectivity index (χ0) is 20.8. The average molecular weight is 409 g/mol. The van der Waals surface area contributed by atoms with Crippen molar-refractivity contribution < 1.29 is 14.3 Å². The molecule has 0 aliphatic carbocycles. The molecule has 3 heterocycles. The Morgan fingerprint density at radius 2 is 1.68 bits per heavy atom. The lowest BCUT2D eigenvalue weighted by Gasteiger charge is -2.19. The van der Waals surface area contributed by atoms with Gasteiger partial charge in [0.25, 0.3) is 0 Å². The normalized spacial score (nSPS) is 16.9. The van der Waals surface area contributed by atoms with Crippen LogP contribution in [0.25, 0.3) is 10.9 Å². The van der Waals surface area contributed by atoms with E-state index in [4.69, 9.17) is 9.47 Å². The maximum atomic E-state index is 13.2. The van der Waals surface area contributed by atoms with E-state index in [1.807, 2.05) is 79.0 Å². The van der Waals surface area contributed by atoms with Crippen molar-refractivity contribution in [3.8, 4) is 5.75 Å². The predicted octanol–water partition coefficient (Wildman–Crippen LogP) is 5.09. The van der Waals surface area contributed by atoms with Crippen molar-refractivity contribution in [3.05, 3.63) is 102 Å². The van der Waals surface area contributed by atoms with E-state index in [1.165, 1.54) is 0 Å². The third-order valence-electron chi connectivity index (χ3n) is 5.59. The van der Waals surface area contributed by atoms with Gasteiger partial charge in [-0.2, -0.15) is 0 Å². The third-order valence-corrected chi connectivity index (χ3v) is 5.59. The summed E-state index contributed by atoms with van der Waals surface area (Å²) in [7, 11) is 0. The van der Waals surface area contributed by atoms with Gasteiger partial charge >= 0.3 is 0 Å². The Morgan fingerprint density at radius 1 is 0.903 bits per heavy atom. The summed E-state index contributed by atoms with van der Waals surface area (Å²) in [4.78, 5) is 16.4. The molecule has 1 aromatic heterocycles. The average Bonchev–Trinajstić information content (AvgIpc) is 3.37. The number of para-hydroxylation sites is 3. The smallest absolute Gasteiger partial charge is 0.229 e. The maximum Gasteiger partial charge on any atom is 0.229 e. The predicted molar refractivity (Wildman–Crippen MR) is 119 cm³/mol. The molecule has 31 heavy (non-hydrogen) atoms. The van der Waals surface area contributed by atoms with E-state index in [0.717, 1.165) is 39.2 Å². The standard InChI is InChI=1S/C25H19N3O3/c29-23-22-25(28-21-9-5-4-8-20(21)27-22)31-24(23)18-13-26-19-11-10-15(12-17(18)19)14-30-16-6-2-1-3-7-16/h1-13,24,26-28H,14H2/t24-/m0/s1. The van der Waals surface area contributed by atoms with Gasteiger partial charge in [0.2, 0.25) is 11.7 Å². The van der Waals surface area contributed by atoms with Gasteiger partial charge in [0, 0.05) is 22.7 Å². The molecule has 6 heteroatoms. The van der Waals surface area contributed by atoms with Crippen LogP contribution in [0.4, 0.5) is 11.4 Å². The number of ketones is 1. The molecule has 2 aliphatic rings. The number of hydrogen-bond acceptors (Lipinski definition) is 5. The SMILES string of the molecule is O=C1C2=C(Nc3ccccc3N2)O[C@H]1c1c[nH]c2ccc(COc3ccccc3)cc12. The molecule has 0 bridgehead atoms. The summed E-state index contributed by atoms with van der Waals surface area (Å²) in [5, 5.41) is 7.38. The fourth-order valence-corrected chi connectivity index (χ4v) is 4.03. The molecule has 6 nitrogen and oxygen atoms in total. The lowest BCUT2D eigenvalue weighted by molar-refractivity contribution is -0.121. The largest absolute Gasteiger partial charge is 0.489 e. The topological polar surface area (TPSA) is 75.4 Å². The van der Waals surface area contributed by atoms with Crippen LogP contribution in [0.5, 0.6) is 5.75 Å². The molecule has 1 atom stereocenters. The van der Waals surface area contributed by atoms with E-state index >= 15 is 0 Å². The van der Waals surface area contributed by atoms with Crippen molar-refractivity contribution in [2.45, 2.75) is 12.7 Å². The zero-order valence-corrected chi connectivity index (χ0v) is 16.5. The molecule has 6 rings (SSSR count). The van der Waals surface area contributed by atoms with Crippen LogP contribution in [0.2, 0.25) is 0 Å². The molecule has 0 radical (unpaired) electrons. The van der Waals surface area contributed by atoms with Crippen molar-refractivity contribution >= 4 is 28.1 Å². The second-order valence-electron chi connectivity index (χ2n) is 7.59. The van der Waals surface area contributed by atoms with Gasteiger partial charge < -0.3 is 25.1 Å². The monoisotopic (exact) mass is 409 g/mol. The molecule has 3 aromatic carbocycles. The van der Waals surface area contributed by atoms with E-state index in [9.17, 15) is 4.79 Å². The Kier molecular flexibility index (Phi) is 3.96. The second kappa shape index (κ2) is 6.95. The highest BCUT2D eigenvalue weighted by molar-refractivity contribution is 6.08. The number of H-pyrrole nitrogens is 1. The fourth-order valence-electron chi connectivity index (χ4n) is 4.03. The molecule has 0 saturated heterocycles. The first-order valence-corrected chi connectivity index (χ1v) is 10.1. The molecule has 0 fully saturated rings. The van der Waals surface area contributed by atoms with Crippen molar-refractivity contribution in [3.63, 3.8) is 0 Å². The highest BCUT2D eigenvalue weighted by Crippen LogP contribution is 2.41. The highest BCUT2D eigenvalue weighted by Gasteiger charge is 2.40. The quantitative estimate of drug-likeness (QED) is 0.438. The molecule has 0 saturated carbocycles. The number of fused-ring (bicyclic) bond motifs is 2. The Bertz CT molecular complexity index is 1340. The first kappa shape index (κ1) is 17.7. The van der Waals surface area contributed by atoms with Crippen LogP contribution in [-0.4, -0.2) is 10.8 Å². The van der Waals surface area contributed by atoms with E-state index in [0.29, 0.717) is 18.2 Å². The summed E-state index contributed by atoms with van der Waals surface area (Å²) in [5.74, 6) is 1.19. The molecule has 0 spiro atoms. The molecule has 2 aliphatic heterocycles. The number of carbonyl (C=O) groups is 1. The van der Waals surface area contributed by atoms with Crippen molar-refractivity contribution in [2.75, 3.05) is 10.6 Å². The molecule has 0 unspecified atom stereocenters. The van der Waals surface area contributed by atoms with Gasteiger partial charge in [0.1, 0.15) is 18.1 Å². The molecule has 4 aromatic rings. The van der Waals surface area contributed by atoms with E-state index in [-0.39, 0.29) is 5.78 Å². The van der Waals surface area contributed by atoms with Crippen LogP contribution < -0.4 is 15.4 Å². The van der Waals surface area contributed by atoms with Crippen molar-refractivity contribution in [1.82, 2.24) is 4.98 Å². The zero-order valence-electron chi connectivity index (χ0n) is 16.5. The minimum Gasteiger partial charge on any atom is -0.489 e. The highest BCUT2D eigenvalue weighted by atomic mass is 16.5. The summed E-state index contributed by atoms with van der Waals surface area (Å²) in [6.07, 6.45) is 1.14. The van der Waals surface area contributed by atoms with Gasteiger partial charge in [-0.05, 0) is 42.0 Å². The van der Waals surface area contributed by atoms with Crippen molar-refractivity contribution in [1.29, 1.82) is 0 Å². The Balaban J connectivity index is 1.27. The number of carbonyl (C=O) groups excluding carboxylic acids is 1. The minimum atomic E-state index is -0.710. The number of rotatable bonds is 4. The number of aromatic amines is 1. The number of anilines is 2. The first-order valence-electron chi connectivity index (χ1n) is 10.1. The van der Waals surface area contributed by atoms with Gasteiger partial charge in [0.15, 0.2) is 6.10 Å². The second-order valence-corrected chi connectivity index (χ2v) is 7.59. The van der Waals surface area contributed by atoms with Crippen LogP contribution in [0.3, 0.4) is 0 Å². The van der Waals surface area contributed by atoms with E-state index in [2.05, 4.69) is 15.6 Å². The Labute approximate surface area is 178 Å². The fraction of sp³-hybridized carbons (Fsp3) is 0.0800. The van der Waals surface area contributed by atoms with Crippen LogP contribution >= 0.6 is 0 Å².